The Bertz CT molecular complexity index is 358. The van der Waals surface area contributed by atoms with Crippen molar-refractivity contribution in [3.63, 3.8) is 0 Å². The van der Waals surface area contributed by atoms with Crippen LogP contribution in [0.25, 0.3) is 0 Å². The normalized spacial score (nSPS) is 20.4. The molecule has 1 aromatic rings. The molecule has 0 bridgehead atoms. The Morgan fingerprint density at radius 3 is 3.12 bits per heavy atom. The zero-order valence-electron chi connectivity index (χ0n) is 10.5. The minimum atomic E-state index is 0.495. The smallest absolute Gasteiger partial charge is 0.234 e. The van der Waals surface area contributed by atoms with Crippen molar-refractivity contribution in [3.8, 4) is 5.88 Å². The summed E-state index contributed by atoms with van der Waals surface area (Å²) in [4.78, 5) is 11.0. The molecule has 2 rings (SSSR count). The Kier molecular flexibility index (Phi) is 4.14. The number of aromatic nitrogens is 2. The maximum atomic E-state index is 5.39. The topological polar surface area (TPSA) is 50.3 Å². The molecule has 0 aromatic carbocycles. The molecule has 5 heteroatoms. The van der Waals surface area contributed by atoms with Gasteiger partial charge in [-0.15, -0.1) is 0 Å². The zero-order valence-corrected chi connectivity index (χ0v) is 10.5. The first kappa shape index (κ1) is 12.1. The maximum absolute atomic E-state index is 5.39. The standard InChI is InChI=1S/C12H20N4O/c1-3-10-7-13-5-6-16(10)11-8-14-9-12(15-11)17-4-2/h8-10,13H,3-7H2,1-2H3. The van der Waals surface area contributed by atoms with Crippen LogP contribution in [0, 0.1) is 0 Å². The lowest BCUT2D eigenvalue weighted by Crippen LogP contribution is -2.51. The lowest BCUT2D eigenvalue weighted by molar-refractivity contribution is 0.324. The molecule has 5 nitrogen and oxygen atoms in total. The molecule has 1 atom stereocenters. The van der Waals surface area contributed by atoms with Gasteiger partial charge in [0, 0.05) is 25.7 Å². The predicted octanol–water partition coefficient (Wildman–Crippen LogP) is 1.06. The van der Waals surface area contributed by atoms with Crippen molar-refractivity contribution in [2.45, 2.75) is 26.3 Å². The first-order chi connectivity index (χ1) is 8.35. The fraction of sp³-hybridized carbons (Fsp3) is 0.667. The summed E-state index contributed by atoms with van der Waals surface area (Å²) >= 11 is 0. The number of hydrogen-bond donors (Lipinski definition) is 1. The van der Waals surface area contributed by atoms with Crippen LogP contribution >= 0.6 is 0 Å². The monoisotopic (exact) mass is 236 g/mol. The molecule has 2 heterocycles. The van der Waals surface area contributed by atoms with Crippen molar-refractivity contribution >= 4 is 5.82 Å². The first-order valence-electron chi connectivity index (χ1n) is 6.27. The summed E-state index contributed by atoms with van der Waals surface area (Å²) in [6.45, 7) is 7.76. The summed E-state index contributed by atoms with van der Waals surface area (Å²) in [6.07, 6.45) is 4.58. The second-order valence-electron chi connectivity index (χ2n) is 4.11. The molecule has 1 N–H and O–H groups in total. The van der Waals surface area contributed by atoms with Gasteiger partial charge in [0.15, 0.2) is 5.82 Å². The van der Waals surface area contributed by atoms with E-state index in [4.69, 9.17) is 4.74 Å². The number of rotatable bonds is 4. The van der Waals surface area contributed by atoms with Crippen LogP contribution in [-0.4, -0.2) is 42.3 Å². The van der Waals surface area contributed by atoms with Crippen LogP contribution in [0.5, 0.6) is 5.88 Å². The van der Waals surface area contributed by atoms with Gasteiger partial charge < -0.3 is 15.0 Å². The van der Waals surface area contributed by atoms with E-state index in [1.54, 1.807) is 6.20 Å². The van der Waals surface area contributed by atoms with E-state index in [2.05, 4.69) is 27.1 Å². The van der Waals surface area contributed by atoms with Gasteiger partial charge in [-0.05, 0) is 13.3 Å². The van der Waals surface area contributed by atoms with Gasteiger partial charge in [0.05, 0.1) is 19.0 Å². The molecule has 17 heavy (non-hydrogen) atoms. The van der Waals surface area contributed by atoms with Gasteiger partial charge in [-0.1, -0.05) is 6.92 Å². The van der Waals surface area contributed by atoms with Gasteiger partial charge in [-0.3, -0.25) is 4.98 Å². The summed E-state index contributed by atoms with van der Waals surface area (Å²) in [5.41, 5.74) is 0. The minimum Gasteiger partial charge on any atom is -0.477 e. The van der Waals surface area contributed by atoms with E-state index >= 15 is 0 Å². The molecule has 1 fully saturated rings. The van der Waals surface area contributed by atoms with Crippen LogP contribution < -0.4 is 15.0 Å². The number of ether oxygens (including phenoxy) is 1. The number of anilines is 1. The SMILES string of the molecule is CCOc1cncc(N2CCNCC2CC)n1. The lowest BCUT2D eigenvalue weighted by Gasteiger charge is -2.36. The van der Waals surface area contributed by atoms with E-state index < -0.39 is 0 Å². The molecular weight excluding hydrogens is 216 g/mol. The Hall–Kier alpha value is -1.36. The van der Waals surface area contributed by atoms with Crippen molar-refractivity contribution in [2.24, 2.45) is 0 Å². The molecule has 1 aromatic heterocycles. The van der Waals surface area contributed by atoms with E-state index in [1.165, 1.54) is 0 Å². The highest BCUT2D eigenvalue weighted by molar-refractivity contribution is 5.39. The van der Waals surface area contributed by atoms with Gasteiger partial charge in [-0.2, -0.15) is 4.98 Å². The molecule has 0 spiro atoms. The quantitative estimate of drug-likeness (QED) is 0.847. The Morgan fingerprint density at radius 2 is 2.35 bits per heavy atom. The summed E-state index contributed by atoms with van der Waals surface area (Å²) < 4.78 is 5.39. The Labute approximate surface area is 102 Å². The molecule has 94 valence electrons. The van der Waals surface area contributed by atoms with Crippen molar-refractivity contribution in [2.75, 3.05) is 31.1 Å². The van der Waals surface area contributed by atoms with E-state index in [0.717, 1.165) is 31.9 Å². The molecule has 0 radical (unpaired) electrons. The van der Waals surface area contributed by atoms with Gasteiger partial charge >= 0.3 is 0 Å². The minimum absolute atomic E-state index is 0.495. The molecular formula is C12H20N4O. The molecule has 1 aliphatic rings. The molecule has 1 aliphatic heterocycles. The zero-order chi connectivity index (χ0) is 12.1. The molecule has 1 saturated heterocycles. The third kappa shape index (κ3) is 2.85. The van der Waals surface area contributed by atoms with Gasteiger partial charge in [0.25, 0.3) is 0 Å². The largest absolute Gasteiger partial charge is 0.477 e. The van der Waals surface area contributed by atoms with Crippen LogP contribution in [0.2, 0.25) is 0 Å². The van der Waals surface area contributed by atoms with E-state index in [9.17, 15) is 0 Å². The van der Waals surface area contributed by atoms with Crippen molar-refractivity contribution in [3.05, 3.63) is 12.4 Å². The number of hydrogen-bond acceptors (Lipinski definition) is 5. The third-order valence-electron chi connectivity index (χ3n) is 3.01. The third-order valence-corrected chi connectivity index (χ3v) is 3.01. The summed E-state index contributed by atoms with van der Waals surface area (Å²) in [6, 6.07) is 0.495. The molecule has 1 unspecified atom stereocenters. The Morgan fingerprint density at radius 1 is 1.47 bits per heavy atom. The fourth-order valence-corrected chi connectivity index (χ4v) is 2.12. The van der Waals surface area contributed by atoms with Crippen molar-refractivity contribution < 1.29 is 4.74 Å². The van der Waals surface area contributed by atoms with E-state index in [-0.39, 0.29) is 0 Å². The average Bonchev–Trinajstić information content (AvgIpc) is 2.39. The lowest BCUT2D eigenvalue weighted by atomic mass is 10.1. The first-order valence-corrected chi connectivity index (χ1v) is 6.27. The highest BCUT2D eigenvalue weighted by Gasteiger charge is 2.22. The van der Waals surface area contributed by atoms with Crippen LogP contribution in [-0.2, 0) is 0 Å². The van der Waals surface area contributed by atoms with Gasteiger partial charge in [0.2, 0.25) is 5.88 Å². The van der Waals surface area contributed by atoms with E-state index in [0.29, 0.717) is 18.5 Å². The summed E-state index contributed by atoms with van der Waals surface area (Å²) in [5, 5.41) is 3.40. The second-order valence-corrected chi connectivity index (χ2v) is 4.11. The average molecular weight is 236 g/mol. The molecule has 0 aliphatic carbocycles. The second kappa shape index (κ2) is 5.82. The summed E-state index contributed by atoms with van der Waals surface area (Å²) in [7, 11) is 0. The maximum Gasteiger partial charge on any atom is 0.234 e. The highest BCUT2D eigenvalue weighted by atomic mass is 16.5. The predicted molar refractivity (Wildman–Crippen MR) is 67.5 cm³/mol. The number of piperazine rings is 1. The van der Waals surface area contributed by atoms with Gasteiger partial charge in [0.1, 0.15) is 0 Å². The highest BCUT2D eigenvalue weighted by Crippen LogP contribution is 2.19. The van der Waals surface area contributed by atoms with Crippen LogP contribution in [0.4, 0.5) is 5.82 Å². The van der Waals surface area contributed by atoms with Crippen LogP contribution in [0.1, 0.15) is 20.3 Å². The van der Waals surface area contributed by atoms with Crippen LogP contribution in [0.15, 0.2) is 12.4 Å². The summed E-state index contributed by atoms with van der Waals surface area (Å²) in [5.74, 6) is 1.53. The number of nitrogens with one attached hydrogen (secondary N) is 1. The van der Waals surface area contributed by atoms with Crippen molar-refractivity contribution in [1.82, 2.24) is 15.3 Å². The van der Waals surface area contributed by atoms with Crippen molar-refractivity contribution in [1.29, 1.82) is 0 Å². The molecule has 0 saturated carbocycles. The fourth-order valence-electron chi connectivity index (χ4n) is 2.12. The van der Waals surface area contributed by atoms with Crippen LogP contribution in [0.3, 0.4) is 0 Å². The number of nitrogens with zero attached hydrogens (tertiary/aromatic N) is 3. The molecule has 0 amide bonds. The van der Waals surface area contributed by atoms with E-state index in [1.807, 2.05) is 13.1 Å². The Balaban J connectivity index is 2.16. The van der Waals surface area contributed by atoms with Gasteiger partial charge in [-0.25, -0.2) is 0 Å².